The van der Waals surface area contributed by atoms with Gasteiger partial charge in [0.1, 0.15) is 0 Å². The van der Waals surface area contributed by atoms with Crippen molar-refractivity contribution in [2.75, 3.05) is 6.54 Å². The van der Waals surface area contributed by atoms with E-state index in [1.54, 1.807) is 0 Å². The van der Waals surface area contributed by atoms with Crippen LogP contribution >= 0.6 is 11.6 Å². The summed E-state index contributed by atoms with van der Waals surface area (Å²) in [6.07, 6.45) is 1.64. The molecule has 0 saturated carbocycles. The monoisotopic (exact) mass is 313 g/mol. The Hall–Kier alpha value is -1.80. The van der Waals surface area contributed by atoms with Crippen LogP contribution in [0.25, 0.3) is 0 Å². The Kier molecular flexibility index (Phi) is 4.49. The molecule has 1 aliphatic rings. The Balaban J connectivity index is 1.71. The van der Waals surface area contributed by atoms with Crippen LogP contribution in [0.5, 0.6) is 0 Å². The third-order valence-corrected chi connectivity index (χ3v) is 4.89. The minimum atomic E-state index is 0.0473. The fraction of sp³-hybridized carbons (Fsp3) is 0.316. The number of carbonyl (C=O) groups is 1. The molecule has 1 fully saturated rings. The zero-order valence-corrected chi connectivity index (χ0v) is 13.5. The van der Waals surface area contributed by atoms with Crippen LogP contribution in [0, 0.1) is 5.92 Å². The molecule has 2 aromatic carbocycles. The summed E-state index contributed by atoms with van der Waals surface area (Å²) in [7, 11) is 0. The number of rotatable bonds is 4. The van der Waals surface area contributed by atoms with E-state index >= 15 is 0 Å². The summed E-state index contributed by atoms with van der Waals surface area (Å²) in [5, 5.41) is 0.754. The fourth-order valence-electron chi connectivity index (χ4n) is 3.18. The molecule has 0 N–H and O–H groups in total. The van der Waals surface area contributed by atoms with E-state index in [0.29, 0.717) is 0 Å². The predicted octanol–water partition coefficient (Wildman–Crippen LogP) is 4.49. The second kappa shape index (κ2) is 6.53. The lowest BCUT2D eigenvalue weighted by Crippen LogP contribution is -2.30. The van der Waals surface area contributed by atoms with Crippen LogP contribution < -0.4 is 0 Å². The maximum atomic E-state index is 12.7. The molecule has 3 heteroatoms. The fourth-order valence-corrected chi connectivity index (χ4v) is 3.39. The van der Waals surface area contributed by atoms with E-state index in [4.69, 9.17) is 11.6 Å². The Labute approximate surface area is 136 Å². The topological polar surface area (TPSA) is 20.3 Å². The number of halogens is 1. The van der Waals surface area contributed by atoms with E-state index < -0.39 is 0 Å². The highest BCUT2D eigenvalue weighted by Crippen LogP contribution is 2.31. The number of likely N-dealkylation sites (tertiary alicyclic amines) is 1. The molecular weight excluding hydrogens is 294 g/mol. The van der Waals surface area contributed by atoms with Crippen molar-refractivity contribution in [3.8, 4) is 0 Å². The first-order valence-corrected chi connectivity index (χ1v) is 8.13. The van der Waals surface area contributed by atoms with Crippen molar-refractivity contribution in [2.45, 2.75) is 25.8 Å². The highest BCUT2D eigenvalue weighted by molar-refractivity contribution is 6.31. The number of hydrogen-bond acceptors (Lipinski definition) is 1. The van der Waals surface area contributed by atoms with Gasteiger partial charge < -0.3 is 4.90 Å². The van der Waals surface area contributed by atoms with Crippen molar-refractivity contribution in [1.29, 1.82) is 0 Å². The Morgan fingerprint density at radius 3 is 2.55 bits per heavy atom. The molecule has 0 unspecified atom stereocenters. The van der Waals surface area contributed by atoms with Gasteiger partial charge in [-0.15, -0.1) is 0 Å². The van der Waals surface area contributed by atoms with E-state index in [-0.39, 0.29) is 17.9 Å². The molecule has 22 heavy (non-hydrogen) atoms. The van der Waals surface area contributed by atoms with Crippen LogP contribution in [-0.2, 0) is 11.2 Å². The second-order valence-electron chi connectivity index (χ2n) is 5.90. The summed E-state index contributed by atoms with van der Waals surface area (Å²) in [6, 6.07) is 18.1. The molecule has 1 saturated heterocycles. The maximum absolute atomic E-state index is 12.7. The third kappa shape index (κ3) is 3.02. The van der Waals surface area contributed by atoms with E-state index in [1.807, 2.05) is 47.4 Å². The van der Waals surface area contributed by atoms with Gasteiger partial charge >= 0.3 is 0 Å². The SMILES string of the molecule is C[C@H](c1ccccc1)N1CC[C@H](Cc2ccccc2Cl)C1=O. The normalized spacial score (nSPS) is 19.5. The second-order valence-corrected chi connectivity index (χ2v) is 6.31. The average Bonchev–Trinajstić information content (AvgIpc) is 2.91. The van der Waals surface area contributed by atoms with Gasteiger partial charge in [0.15, 0.2) is 0 Å². The van der Waals surface area contributed by atoms with Crippen molar-refractivity contribution in [1.82, 2.24) is 4.90 Å². The van der Waals surface area contributed by atoms with Crippen molar-refractivity contribution in [3.63, 3.8) is 0 Å². The molecule has 3 rings (SSSR count). The van der Waals surface area contributed by atoms with E-state index in [0.717, 1.165) is 30.0 Å². The van der Waals surface area contributed by atoms with Gasteiger partial charge in [0.05, 0.1) is 6.04 Å². The van der Waals surface area contributed by atoms with Gasteiger partial charge in [-0.25, -0.2) is 0 Å². The number of hydrogen-bond donors (Lipinski definition) is 0. The molecule has 0 radical (unpaired) electrons. The van der Waals surface area contributed by atoms with Gasteiger partial charge in [-0.2, -0.15) is 0 Å². The first-order valence-electron chi connectivity index (χ1n) is 7.75. The van der Waals surface area contributed by atoms with Crippen LogP contribution in [0.1, 0.15) is 30.5 Å². The molecule has 114 valence electrons. The summed E-state index contributed by atoms with van der Waals surface area (Å²) in [4.78, 5) is 14.7. The van der Waals surface area contributed by atoms with Gasteiger partial charge in [0.25, 0.3) is 0 Å². The van der Waals surface area contributed by atoms with E-state index in [9.17, 15) is 4.79 Å². The molecule has 2 nitrogen and oxygen atoms in total. The van der Waals surface area contributed by atoms with Gasteiger partial charge in [-0.1, -0.05) is 60.1 Å². The Morgan fingerprint density at radius 2 is 1.82 bits per heavy atom. The quantitative estimate of drug-likeness (QED) is 0.814. The molecule has 1 aliphatic heterocycles. The summed E-state index contributed by atoms with van der Waals surface area (Å²) in [5.74, 6) is 0.294. The lowest BCUT2D eigenvalue weighted by atomic mass is 9.98. The summed E-state index contributed by atoms with van der Waals surface area (Å²) in [6.45, 7) is 2.93. The van der Waals surface area contributed by atoms with Crippen molar-refractivity contribution in [2.24, 2.45) is 5.92 Å². The molecule has 0 bridgehead atoms. The standard InChI is InChI=1S/C19H20ClNO/c1-14(15-7-3-2-4-8-15)21-12-11-17(19(21)22)13-16-9-5-6-10-18(16)20/h2-10,14,17H,11-13H2,1H3/t14-,17-/m1/s1. The van der Waals surface area contributed by atoms with Crippen LogP contribution in [0.4, 0.5) is 0 Å². The predicted molar refractivity (Wildman–Crippen MR) is 89.8 cm³/mol. The maximum Gasteiger partial charge on any atom is 0.226 e. The highest BCUT2D eigenvalue weighted by Gasteiger charge is 2.34. The van der Waals surface area contributed by atoms with Gasteiger partial charge in [-0.05, 0) is 37.0 Å². The molecular formula is C19H20ClNO. The van der Waals surface area contributed by atoms with E-state index in [1.165, 1.54) is 5.56 Å². The number of carbonyl (C=O) groups excluding carboxylic acids is 1. The largest absolute Gasteiger partial charge is 0.336 e. The minimum absolute atomic E-state index is 0.0473. The lowest BCUT2D eigenvalue weighted by Gasteiger charge is -2.25. The van der Waals surface area contributed by atoms with Crippen molar-refractivity contribution >= 4 is 17.5 Å². The Bertz CT molecular complexity index is 655. The number of amides is 1. The molecule has 1 heterocycles. The van der Waals surface area contributed by atoms with Gasteiger partial charge in [0, 0.05) is 17.5 Å². The van der Waals surface area contributed by atoms with Crippen LogP contribution in [-0.4, -0.2) is 17.4 Å². The van der Waals surface area contributed by atoms with Crippen molar-refractivity contribution in [3.05, 3.63) is 70.7 Å². The summed E-state index contributed by atoms with van der Waals surface area (Å²) < 4.78 is 0. The lowest BCUT2D eigenvalue weighted by molar-refractivity contribution is -0.132. The molecule has 0 spiro atoms. The third-order valence-electron chi connectivity index (χ3n) is 4.52. The molecule has 0 aromatic heterocycles. The van der Waals surface area contributed by atoms with Crippen LogP contribution in [0.3, 0.4) is 0 Å². The Morgan fingerprint density at radius 1 is 1.14 bits per heavy atom. The minimum Gasteiger partial charge on any atom is -0.336 e. The molecule has 1 amide bonds. The van der Waals surface area contributed by atoms with Gasteiger partial charge in [0.2, 0.25) is 5.91 Å². The molecule has 0 aliphatic carbocycles. The van der Waals surface area contributed by atoms with Crippen LogP contribution in [0.15, 0.2) is 54.6 Å². The summed E-state index contributed by atoms with van der Waals surface area (Å²) >= 11 is 6.22. The number of benzene rings is 2. The average molecular weight is 314 g/mol. The summed E-state index contributed by atoms with van der Waals surface area (Å²) in [5.41, 5.74) is 2.26. The van der Waals surface area contributed by atoms with E-state index in [2.05, 4.69) is 19.1 Å². The first-order chi connectivity index (χ1) is 10.7. The van der Waals surface area contributed by atoms with Crippen molar-refractivity contribution < 1.29 is 4.79 Å². The zero-order valence-electron chi connectivity index (χ0n) is 12.7. The zero-order chi connectivity index (χ0) is 15.5. The number of nitrogens with zero attached hydrogens (tertiary/aromatic N) is 1. The molecule has 2 atom stereocenters. The smallest absolute Gasteiger partial charge is 0.226 e. The van der Waals surface area contributed by atoms with Gasteiger partial charge in [-0.3, -0.25) is 4.79 Å². The molecule has 2 aromatic rings. The van der Waals surface area contributed by atoms with Crippen LogP contribution in [0.2, 0.25) is 5.02 Å². The highest BCUT2D eigenvalue weighted by atomic mass is 35.5. The first kappa shape index (κ1) is 15.1.